The molecule has 1 rings (SSSR count). The molecule has 0 aliphatic rings. The lowest BCUT2D eigenvalue weighted by Crippen LogP contribution is -2.20. The topological polar surface area (TPSA) is 29.1 Å². The second kappa shape index (κ2) is 7.23. The van der Waals surface area contributed by atoms with Gasteiger partial charge in [0.05, 0.1) is 5.69 Å². The summed E-state index contributed by atoms with van der Waals surface area (Å²) in [6.45, 7) is 0. The number of halogens is 7. The van der Waals surface area contributed by atoms with Gasteiger partial charge >= 0.3 is 5.51 Å². The van der Waals surface area contributed by atoms with Gasteiger partial charge in [-0.3, -0.25) is 4.79 Å². The summed E-state index contributed by atoms with van der Waals surface area (Å²) in [6.07, 6.45) is 0. The SMILES string of the molecule is O=C(Nc1c(I)cc(SC(F)(F)F)cc1I)C(Cl)Cl. The molecule has 0 fully saturated rings. The molecule has 1 aromatic rings. The van der Waals surface area contributed by atoms with E-state index in [1.54, 1.807) is 0 Å². The fourth-order valence-electron chi connectivity index (χ4n) is 1.04. The molecule has 0 atom stereocenters. The first kappa shape index (κ1) is 17.9. The van der Waals surface area contributed by atoms with Gasteiger partial charge < -0.3 is 5.32 Å². The lowest BCUT2D eigenvalue weighted by Gasteiger charge is -2.13. The number of hydrogen-bond acceptors (Lipinski definition) is 2. The maximum Gasteiger partial charge on any atom is 0.446 e. The third kappa shape index (κ3) is 6.02. The van der Waals surface area contributed by atoms with E-state index in [2.05, 4.69) is 5.32 Å². The largest absolute Gasteiger partial charge is 0.446 e. The van der Waals surface area contributed by atoms with E-state index in [9.17, 15) is 18.0 Å². The summed E-state index contributed by atoms with van der Waals surface area (Å²) in [5.74, 6) is -0.629. The predicted molar refractivity (Wildman–Crippen MR) is 87.9 cm³/mol. The van der Waals surface area contributed by atoms with Crippen molar-refractivity contribution in [3.05, 3.63) is 19.3 Å². The van der Waals surface area contributed by atoms with E-state index < -0.39 is 16.3 Å². The zero-order chi connectivity index (χ0) is 14.8. The number of nitrogens with one attached hydrogen (secondary N) is 1. The first-order chi connectivity index (χ1) is 8.60. The Morgan fingerprint density at radius 2 is 1.74 bits per heavy atom. The smallest absolute Gasteiger partial charge is 0.322 e. The number of carbonyl (C=O) groups excluding carboxylic acids is 1. The minimum atomic E-state index is -4.35. The molecule has 1 amide bonds. The average Bonchev–Trinajstić information content (AvgIpc) is 2.20. The lowest BCUT2D eigenvalue weighted by atomic mass is 10.3. The third-order valence-corrected chi connectivity index (χ3v) is 4.50. The molecule has 0 aromatic heterocycles. The normalized spacial score (nSPS) is 11.8. The molecule has 106 valence electrons. The van der Waals surface area contributed by atoms with Crippen molar-refractivity contribution in [3.63, 3.8) is 0 Å². The zero-order valence-corrected chi connectivity index (χ0v) is 15.3. The highest BCUT2D eigenvalue weighted by atomic mass is 127. The molecule has 0 radical (unpaired) electrons. The van der Waals surface area contributed by atoms with Crippen molar-refractivity contribution in [1.29, 1.82) is 0 Å². The van der Waals surface area contributed by atoms with Gasteiger partial charge in [-0.1, -0.05) is 23.2 Å². The van der Waals surface area contributed by atoms with Crippen LogP contribution >= 0.6 is 80.1 Å². The summed E-state index contributed by atoms with van der Waals surface area (Å²) in [5.41, 5.74) is -3.96. The van der Waals surface area contributed by atoms with Crippen LogP contribution in [0.3, 0.4) is 0 Å². The summed E-state index contributed by atoms with van der Waals surface area (Å²) in [5, 5.41) is 2.46. The first-order valence-corrected chi connectivity index (χ1v) is 8.28. The van der Waals surface area contributed by atoms with Crippen molar-refractivity contribution in [2.75, 3.05) is 5.32 Å². The molecular weight excluding hydrogens is 552 g/mol. The van der Waals surface area contributed by atoms with Gasteiger partial charge in [-0.25, -0.2) is 0 Å². The second-order valence-corrected chi connectivity index (χ2v) is 7.66. The standard InChI is InChI=1S/C9H4Cl2F3I2NOS/c10-7(11)8(18)17-6-4(15)1-3(2-5(6)16)19-9(12,13)14/h1-2,7H,(H,17,18). The summed E-state index contributed by atoms with van der Waals surface area (Å²) in [4.78, 5) is 10.2. The molecule has 0 aliphatic heterocycles. The number of hydrogen-bond donors (Lipinski definition) is 1. The molecule has 0 saturated carbocycles. The highest BCUT2D eigenvalue weighted by Crippen LogP contribution is 2.39. The van der Waals surface area contributed by atoms with Crippen LogP contribution in [-0.4, -0.2) is 16.3 Å². The molecule has 0 spiro atoms. The van der Waals surface area contributed by atoms with E-state index in [1.165, 1.54) is 12.1 Å². The van der Waals surface area contributed by atoms with Gasteiger partial charge in [-0.05, 0) is 69.1 Å². The molecule has 1 aromatic carbocycles. The molecule has 19 heavy (non-hydrogen) atoms. The van der Waals surface area contributed by atoms with Crippen molar-refractivity contribution >= 4 is 91.7 Å². The molecule has 0 saturated heterocycles. The maximum atomic E-state index is 12.3. The quantitative estimate of drug-likeness (QED) is 0.314. The number of carbonyl (C=O) groups is 1. The van der Waals surface area contributed by atoms with Crippen LogP contribution in [0.2, 0.25) is 0 Å². The average molecular weight is 556 g/mol. The van der Waals surface area contributed by atoms with Gasteiger partial charge in [0, 0.05) is 12.0 Å². The molecule has 2 nitrogen and oxygen atoms in total. The van der Waals surface area contributed by atoms with E-state index in [4.69, 9.17) is 23.2 Å². The van der Waals surface area contributed by atoms with Crippen molar-refractivity contribution in [1.82, 2.24) is 0 Å². The molecule has 0 aliphatic carbocycles. The van der Waals surface area contributed by atoms with Gasteiger partial charge in [0.25, 0.3) is 5.91 Å². The Hall–Kier alpha value is 0.870. The zero-order valence-electron chi connectivity index (χ0n) is 8.69. The van der Waals surface area contributed by atoms with E-state index >= 15 is 0 Å². The van der Waals surface area contributed by atoms with E-state index in [-0.39, 0.29) is 16.7 Å². The van der Waals surface area contributed by atoms with Crippen LogP contribution in [0.1, 0.15) is 0 Å². The molecule has 1 N–H and O–H groups in total. The van der Waals surface area contributed by atoms with E-state index in [1.807, 2.05) is 45.2 Å². The minimum absolute atomic E-state index is 0.0487. The van der Waals surface area contributed by atoms with E-state index in [0.29, 0.717) is 12.8 Å². The van der Waals surface area contributed by atoms with Gasteiger partial charge in [0.1, 0.15) is 0 Å². The predicted octanol–water partition coefficient (Wildman–Crippen LogP) is 5.25. The van der Waals surface area contributed by atoms with Crippen LogP contribution in [0.5, 0.6) is 0 Å². The van der Waals surface area contributed by atoms with Crippen molar-refractivity contribution in [3.8, 4) is 0 Å². The molecular formula is C9H4Cl2F3I2NOS. The number of anilines is 1. The van der Waals surface area contributed by atoms with Crippen LogP contribution in [0.4, 0.5) is 18.9 Å². The first-order valence-electron chi connectivity index (χ1n) is 4.44. The fourth-order valence-corrected chi connectivity index (χ4v) is 4.23. The highest BCUT2D eigenvalue weighted by molar-refractivity contribution is 14.1. The van der Waals surface area contributed by atoms with Gasteiger partial charge in [-0.15, -0.1) is 0 Å². The molecule has 0 unspecified atom stereocenters. The minimum Gasteiger partial charge on any atom is -0.322 e. The number of amides is 1. The molecule has 10 heteroatoms. The summed E-state index contributed by atoms with van der Waals surface area (Å²) >= 11 is 14.2. The molecule has 0 heterocycles. The van der Waals surface area contributed by atoms with Gasteiger partial charge in [0.15, 0.2) is 4.84 Å². The van der Waals surface area contributed by atoms with E-state index in [0.717, 1.165) is 0 Å². The number of alkyl halides is 5. The summed E-state index contributed by atoms with van der Waals surface area (Å²) in [7, 11) is 0. The Labute approximate surface area is 148 Å². The van der Waals surface area contributed by atoms with Crippen LogP contribution in [0, 0.1) is 7.14 Å². The molecule has 0 bridgehead atoms. The highest BCUT2D eigenvalue weighted by Gasteiger charge is 2.30. The fraction of sp³-hybridized carbons (Fsp3) is 0.222. The number of benzene rings is 1. The lowest BCUT2D eigenvalue weighted by molar-refractivity contribution is -0.114. The Balaban J connectivity index is 3.01. The van der Waals surface area contributed by atoms with Crippen molar-refractivity contribution < 1.29 is 18.0 Å². The van der Waals surface area contributed by atoms with Crippen molar-refractivity contribution in [2.24, 2.45) is 0 Å². The van der Waals surface area contributed by atoms with Gasteiger partial charge in [0.2, 0.25) is 0 Å². The Kier molecular flexibility index (Phi) is 6.82. The van der Waals surface area contributed by atoms with Gasteiger partial charge in [-0.2, -0.15) is 13.2 Å². The van der Waals surface area contributed by atoms with Crippen LogP contribution in [-0.2, 0) is 4.79 Å². The number of rotatable bonds is 3. The van der Waals surface area contributed by atoms with Crippen LogP contribution in [0.25, 0.3) is 0 Å². The Bertz CT molecular complexity index is 476. The summed E-state index contributed by atoms with van der Waals surface area (Å²) < 4.78 is 37.8. The summed E-state index contributed by atoms with van der Waals surface area (Å²) in [6, 6.07) is 2.65. The Morgan fingerprint density at radius 1 is 1.26 bits per heavy atom. The third-order valence-electron chi connectivity index (χ3n) is 1.70. The number of thioether (sulfide) groups is 1. The van der Waals surface area contributed by atoms with Crippen LogP contribution in [0.15, 0.2) is 17.0 Å². The maximum absolute atomic E-state index is 12.3. The van der Waals surface area contributed by atoms with Crippen molar-refractivity contribution in [2.45, 2.75) is 15.2 Å². The monoisotopic (exact) mass is 555 g/mol. The Morgan fingerprint density at radius 3 is 2.11 bits per heavy atom. The van der Waals surface area contributed by atoms with Crippen LogP contribution < -0.4 is 5.32 Å². The second-order valence-electron chi connectivity index (χ2n) is 3.10.